The Balaban J connectivity index is 0.00000289. The molecule has 2 aliphatic heterocycles. The highest BCUT2D eigenvalue weighted by molar-refractivity contribution is 7.89. The molecule has 0 aromatic heterocycles. The predicted molar refractivity (Wildman–Crippen MR) is 128 cm³/mol. The molecule has 0 aliphatic carbocycles. The number of carbonyl (C=O) groups excluding carboxylic acids is 1. The summed E-state index contributed by atoms with van der Waals surface area (Å²) in [5, 5.41) is 0. The summed E-state index contributed by atoms with van der Waals surface area (Å²) in [4.78, 5) is 17.8. The van der Waals surface area contributed by atoms with Crippen LogP contribution in [0.15, 0.2) is 59.5 Å². The number of amides is 1. The fourth-order valence-electron chi connectivity index (χ4n) is 4.46. The summed E-state index contributed by atoms with van der Waals surface area (Å²) in [7, 11) is -3.69. The standard InChI is InChI=1S/C24H31N3O3S.ClH/c1-20-10-12-22(13-11-20)31(29,30)27-14-6-5-9-23(27)24(28)26-17-15-25(16-18-26)19-21-7-3-2-4-8-21;/h2-4,7-8,10-13,23H,5-6,9,14-19H2,1H3;1H. The van der Waals surface area contributed by atoms with Crippen molar-refractivity contribution in [2.45, 2.75) is 43.7 Å². The highest BCUT2D eigenvalue weighted by Gasteiger charge is 2.40. The van der Waals surface area contributed by atoms with Crippen LogP contribution in [0.4, 0.5) is 0 Å². The summed E-state index contributed by atoms with van der Waals surface area (Å²) < 4.78 is 28.0. The molecule has 174 valence electrons. The van der Waals surface area contributed by atoms with E-state index in [9.17, 15) is 13.2 Å². The van der Waals surface area contributed by atoms with Gasteiger partial charge in [0.15, 0.2) is 0 Å². The van der Waals surface area contributed by atoms with Gasteiger partial charge in [-0.05, 0) is 37.5 Å². The maximum Gasteiger partial charge on any atom is 0.243 e. The summed E-state index contributed by atoms with van der Waals surface area (Å²) in [6.07, 6.45) is 2.26. The number of halogens is 1. The molecule has 2 aliphatic rings. The lowest BCUT2D eigenvalue weighted by atomic mass is 10.0. The molecule has 1 amide bonds. The van der Waals surface area contributed by atoms with E-state index < -0.39 is 16.1 Å². The van der Waals surface area contributed by atoms with Crippen molar-refractivity contribution in [3.05, 3.63) is 65.7 Å². The molecule has 2 saturated heterocycles. The average Bonchev–Trinajstić information content (AvgIpc) is 2.80. The van der Waals surface area contributed by atoms with Crippen LogP contribution in [0.3, 0.4) is 0 Å². The quantitative estimate of drug-likeness (QED) is 0.663. The lowest BCUT2D eigenvalue weighted by Gasteiger charge is -2.40. The zero-order valence-corrected chi connectivity index (χ0v) is 20.2. The number of sulfonamides is 1. The summed E-state index contributed by atoms with van der Waals surface area (Å²) in [5.41, 5.74) is 2.28. The Labute approximate surface area is 197 Å². The van der Waals surface area contributed by atoms with Crippen molar-refractivity contribution < 1.29 is 13.2 Å². The first-order valence-corrected chi connectivity index (χ1v) is 12.5. The third-order valence-electron chi connectivity index (χ3n) is 6.30. The third-order valence-corrected chi connectivity index (χ3v) is 8.22. The number of piperazine rings is 1. The van der Waals surface area contributed by atoms with Gasteiger partial charge in [-0.1, -0.05) is 54.4 Å². The van der Waals surface area contributed by atoms with Gasteiger partial charge in [0.25, 0.3) is 0 Å². The zero-order valence-electron chi connectivity index (χ0n) is 18.5. The van der Waals surface area contributed by atoms with Crippen LogP contribution in [-0.2, 0) is 21.4 Å². The predicted octanol–water partition coefficient (Wildman–Crippen LogP) is 3.30. The van der Waals surface area contributed by atoms with Gasteiger partial charge in [0, 0.05) is 39.3 Å². The number of hydrogen-bond donors (Lipinski definition) is 0. The molecule has 2 aromatic carbocycles. The van der Waals surface area contributed by atoms with E-state index in [1.165, 1.54) is 9.87 Å². The maximum absolute atomic E-state index is 13.4. The van der Waals surface area contributed by atoms with E-state index in [0.717, 1.165) is 38.0 Å². The highest BCUT2D eigenvalue weighted by atomic mass is 35.5. The molecule has 0 spiro atoms. The van der Waals surface area contributed by atoms with Crippen LogP contribution in [0.5, 0.6) is 0 Å². The second-order valence-electron chi connectivity index (χ2n) is 8.53. The summed E-state index contributed by atoms with van der Waals surface area (Å²) in [6.45, 7) is 6.10. The van der Waals surface area contributed by atoms with Gasteiger partial charge in [0.2, 0.25) is 15.9 Å². The number of hydrogen-bond acceptors (Lipinski definition) is 4. The molecule has 2 heterocycles. The minimum atomic E-state index is -3.69. The van der Waals surface area contributed by atoms with Crippen LogP contribution in [0.2, 0.25) is 0 Å². The Morgan fingerprint density at radius 1 is 0.906 bits per heavy atom. The zero-order chi connectivity index (χ0) is 21.8. The third kappa shape index (κ3) is 5.52. The molecule has 1 unspecified atom stereocenters. The van der Waals surface area contributed by atoms with Gasteiger partial charge < -0.3 is 4.90 Å². The van der Waals surface area contributed by atoms with Crippen LogP contribution >= 0.6 is 12.4 Å². The summed E-state index contributed by atoms with van der Waals surface area (Å²) in [5.74, 6) is -0.0465. The van der Waals surface area contributed by atoms with Gasteiger partial charge in [-0.2, -0.15) is 4.31 Å². The van der Waals surface area contributed by atoms with Crippen molar-refractivity contribution in [3.63, 3.8) is 0 Å². The molecule has 32 heavy (non-hydrogen) atoms. The molecule has 0 radical (unpaired) electrons. The minimum Gasteiger partial charge on any atom is -0.339 e. The van der Waals surface area contributed by atoms with Gasteiger partial charge in [0.1, 0.15) is 6.04 Å². The first-order chi connectivity index (χ1) is 14.9. The van der Waals surface area contributed by atoms with Crippen molar-refractivity contribution in [2.24, 2.45) is 0 Å². The van der Waals surface area contributed by atoms with Gasteiger partial charge in [-0.15, -0.1) is 12.4 Å². The highest BCUT2D eigenvalue weighted by Crippen LogP contribution is 2.27. The Hall–Kier alpha value is -1.93. The fraction of sp³-hybridized carbons (Fsp3) is 0.458. The van der Waals surface area contributed by atoms with E-state index in [2.05, 4.69) is 17.0 Å². The van der Waals surface area contributed by atoms with Crippen molar-refractivity contribution in [2.75, 3.05) is 32.7 Å². The monoisotopic (exact) mass is 477 g/mol. The first-order valence-electron chi connectivity index (χ1n) is 11.1. The van der Waals surface area contributed by atoms with Gasteiger partial charge in [0.05, 0.1) is 4.90 Å². The van der Waals surface area contributed by atoms with Crippen molar-refractivity contribution in [1.29, 1.82) is 0 Å². The van der Waals surface area contributed by atoms with Crippen LogP contribution in [0.1, 0.15) is 30.4 Å². The molecule has 1 atom stereocenters. The Morgan fingerprint density at radius 3 is 2.22 bits per heavy atom. The molecule has 0 saturated carbocycles. The molecular formula is C24H32ClN3O3S. The molecule has 4 rings (SSSR count). The van der Waals surface area contributed by atoms with E-state index >= 15 is 0 Å². The maximum atomic E-state index is 13.4. The lowest BCUT2D eigenvalue weighted by molar-refractivity contribution is -0.138. The molecule has 2 fully saturated rings. The van der Waals surface area contributed by atoms with E-state index in [1.807, 2.05) is 30.0 Å². The molecule has 6 nitrogen and oxygen atoms in total. The van der Waals surface area contributed by atoms with E-state index in [-0.39, 0.29) is 23.2 Å². The smallest absolute Gasteiger partial charge is 0.243 e. The average molecular weight is 478 g/mol. The van der Waals surface area contributed by atoms with Crippen LogP contribution in [0, 0.1) is 6.92 Å². The number of rotatable bonds is 5. The first kappa shape index (κ1) is 24.7. The molecule has 0 N–H and O–H groups in total. The Bertz CT molecular complexity index is 991. The number of nitrogens with zero attached hydrogens (tertiary/aromatic N) is 3. The van der Waals surface area contributed by atoms with Gasteiger partial charge in [-0.3, -0.25) is 9.69 Å². The number of aryl methyl sites for hydroxylation is 1. The second kappa shape index (κ2) is 10.8. The van der Waals surface area contributed by atoms with Crippen molar-refractivity contribution in [1.82, 2.24) is 14.1 Å². The van der Waals surface area contributed by atoms with Gasteiger partial charge >= 0.3 is 0 Å². The van der Waals surface area contributed by atoms with Crippen LogP contribution in [-0.4, -0.2) is 67.2 Å². The molecular weight excluding hydrogens is 446 g/mol. The van der Waals surface area contributed by atoms with E-state index in [1.54, 1.807) is 24.3 Å². The summed E-state index contributed by atoms with van der Waals surface area (Å²) in [6, 6.07) is 16.6. The van der Waals surface area contributed by atoms with E-state index in [0.29, 0.717) is 26.1 Å². The Kier molecular flexibility index (Phi) is 8.33. The summed E-state index contributed by atoms with van der Waals surface area (Å²) >= 11 is 0. The van der Waals surface area contributed by atoms with E-state index in [4.69, 9.17) is 0 Å². The minimum absolute atomic E-state index is 0. The number of carbonyl (C=O) groups is 1. The van der Waals surface area contributed by atoms with Gasteiger partial charge in [-0.25, -0.2) is 8.42 Å². The van der Waals surface area contributed by atoms with Crippen molar-refractivity contribution >= 4 is 28.3 Å². The topological polar surface area (TPSA) is 60.9 Å². The Morgan fingerprint density at radius 2 is 1.56 bits per heavy atom. The molecule has 8 heteroatoms. The number of benzene rings is 2. The second-order valence-corrected chi connectivity index (χ2v) is 10.4. The SMILES string of the molecule is Cc1ccc(S(=O)(=O)N2CCCCC2C(=O)N2CCN(Cc3ccccc3)CC2)cc1.Cl. The largest absolute Gasteiger partial charge is 0.339 e. The fourth-order valence-corrected chi connectivity index (χ4v) is 6.11. The van der Waals surface area contributed by atoms with Crippen LogP contribution in [0.25, 0.3) is 0 Å². The molecule has 2 aromatic rings. The van der Waals surface area contributed by atoms with Crippen molar-refractivity contribution in [3.8, 4) is 0 Å². The number of piperidine rings is 1. The molecule has 0 bridgehead atoms. The lowest BCUT2D eigenvalue weighted by Crippen LogP contribution is -2.56. The normalized spacial score (nSPS) is 20.5. The van der Waals surface area contributed by atoms with Crippen LogP contribution < -0.4 is 0 Å².